The van der Waals surface area contributed by atoms with Gasteiger partial charge in [0.2, 0.25) is 0 Å². The molecule has 0 radical (unpaired) electrons. The van der Waals surface area contributed by atoms with Gasteiger partial charge in [-0.25, -0.2) is 0 Å². The first kappa shape index (κ1) is 17.0. The molecule has 0 aliphatic rings. The van der Waals surface area contributed by atoms with Gasteiger partial charge in [-0.2, -0.15) is 0 Å². The van der Waals surface area contributed by atoms with Crippen molar-refractivity contribution in [3.05, 3.63) is 29.8 Å². The van der Waals surface area contributed by atoms with Crippen molar-refractivity contribution in [2.45, 2.75) is 64.8 Å². The number of unbranched alkanes of at least 4 members (excludes halogenated alkanes) is 5. The molecule has 0 spiro atoms. The van der Waals surface area contributed by atoms with Crippen LogP contribution in [0.2, 0.25) is 0 Å². The number of rotatable bonds is 11. The molecule has 1 aromatic rings. The van der Waals surface area contributed by atoms with E-state index in [1.165, 1.54) is 50.5 Å². The van der Waals surface area contributed by atoms with Gasteiger partial charge in [0, 0.05) is 11.6 Å². The summed E-state index contributed by atoms with van der Waals surface area (Å²) in [5.41, 5.74) is 1.30. The van der Waals surface area contributed by atoms with E-state index in [0.29, 0.717) is 6.04 Å². The first-order valence-electron chi connectivity index (χ1n) is 8.19. The number of methoxy groups -OCH3 is 1. The van der Waals surface area contributed by atoms with Crippen LogP contribution in [0, 0.1) is 0 Å². The minimum atomic E-state index is 0.419. The summed E-state index contributed by atoms with van der Waals surface area (Å²) >= 11 is 0. The van der Waals surface area contributed by atoms with Crippen LogP contribution in [0.4, 0.5) is 0 Å². The molecule has 1 N–H and O–H groups in total. The monoisotopic (exact) mass is 277 g/mol. The maximum Gasteiger partial charge on any atom is 0.123 e. The summed E-state index contributed by atoms with van der Waals surface area (Å²) in [6.45, 7) is 5.44. The van der Waals surface area contributed by atoms with Crippen molar-refractivity contribution >= 4 is 0 Å². The highest BCUT2D eigenvalue weighted by molar-refractivity contribution is 5.35. The molecule has 2 heteroatoms. The van der Waals surface area contributed by atoms with E-state index in [4.69, 9.17) is 4.74 Å². The Labute approximate surface area is 124 Å². The Balaban J connectivity index is 2.47. The van der Waals surface area contributed by atoms with Crippen molar-refractivity contribution in [3.63, 3.8) is 0 Å². The summed E-state index contributed by atoms with van der Waals surface area (Å²) in [5.74, 6) is 1.00. The van der Waals surface area contributed by atoms with Gasteiger partial charge in [0.05, 0.1) is 7.11 Å². The molecule has 2 nitrogen and oxygen atoms in total. The maximum atomic E-state index is 5.49. The molecule has 0 aliphatic carbocycles. The largest absolute Gasteiger partial charge is 0.496 e. The molecular formula is C18H31NO. The van der Waals surface area contributed by atoms with Gasteiger partial charge in [-0.3, -0.25) is 0 Å². The Bertz CT molecular complexity index is 351. The van der Waals surface area contributed by atoms with E-state index in [1.807, 2.05) is 6.07 Å². The second-order valence-electron chi connectivity index (χ2n) is 5.41. The van der Waals surface area contributed by atoms with Crippen molar-refractivity contribution in [1.29, 1.82) is 0 Å². The predicted molar refractivity (Wildman–Crippen MR) is 87.4 cm³/mol. The average molecular weight is 277 g/mol. The lowest BCUT2D eigenvalue weighted by atomic mass is 9.98. The van der Waals surface area contributed by atoms with Gasteiger partial charge in [0.15, 0.2) is 0 Å². The van der Waals surface area contributed by atoms with Gasteiger partial charge in [0.1, 0.15) is 5.75 Å². The third-order valence-electron chi connectivity index (χ3n) is 3.81. The molecule has 0 aromatic heterocycles. The molecule has 20 heavy (non-hydrogen) atoms. The highest BCUT2D eigenvalue weighted by Crippen LogP contribution is 2.28. The lowest BCUT2D eigenvalue weighted by Crippen LogP contribution is -2.21. The zero-order valence-corrected chi connectivity index (χ0v) is 13.5. The lowest BCUT2D eigenvalue weighted by molar-refractivity contribution is 0.393. The van der Waals surface area contributed by atoms with E-state index in [9.17, 15) is 0 Å². The fourth-order valence-electron chi connectivity index (χ4n) is 2.70. The maximum absolute atomic E-state index is 5.49. The fraction of sp³-hybridized carbons (Fsp3) is 0.667. The highest BCUT2D eigenvalue weighted by atomic mass is 16.5. The third kappa shape index (κ3) is 5.96. The summed E-state index contributed by atoms with van der Waals surface area (Å²) in [6, 6.07) is 8.80. The Hall–Kier alpha value is -1.02. The van der Waals surface area contributed by atoms with E-state index in [1.54, 1.807) is 7.11 Å². The van der Waals surface area contributed by atoms with E-state index in [2.05, 4.69) is 37.4 Å². The van der Waals surface area contributed by atoms with Crippen molar-refractivity contribution in [1.82, 2.24) is 5.32 Å². The van der Waals surface area contributed by atoms with Crippen LogP contribution in [0.1, 0.15) is 70.4 Å². The van der Waals surface area contributed by atoms with Gasteiger partial charge in [-0.1, -0.05) is 70.6 Å². The van der Waals surface area contributed by atoms with Gasteiger partial charge in [-0.15, -0.1) is 0 Å². The van der Waals surface area contributed by atoms with Gasteiger partial charge in [0.25, 0.3) is 0 Å². The van der Waals surface area contributed by atoms with Crippen LogP contribution < -0.4 is 10.1 Å². The van der Waals surface area contributed by atoms with Crippen molar-refractivity contribution < 1.29 is 4.74 Å². The van der Waals surface area contributed by atoms with E-state index in [-0.39, 0.29) is 0 Å². The van der Waals surface area contributed by atoms with Gasteiger partial charge < -0.3 is 10.1 Å². The number of hydrogen-bond donors (Lipinski definition) is 1. The van der Waals surface area contributed by atoms with Crippen LogP contribution >= 0.6 is 0 Å². The number of nitrogens with one attached hydrogen (secondary N) is 1. The van der Waals surface area contributed by atoms with Crippen LogP contribution in [-0.4, -0.2) is 13.7 Å². The number of ether oxygens (including phenoxy) is 1. The average Bonchev–Trinajstić information content (AvgIpc) is 2.49. The smallest absolute Gasteiger partial charge is 0.123 e. The molecule has 0 amide bonds. The zero-order valence-electron chi connectivity index (χ0n) is 13.5. The molecule has 1 rings (SSSR count). The predicted octanol–water partition coefficient (Wildman–Crippen LogP) is 5.10. The molecule has 0 saturated carbocycles. The van der Waals surface area contributed by atoms with E-state index < -0.39 is 0 Å². The van der Waals surface area contributed by atoms with E-state index in [0.717, 1.165) is 12.3 Å². The van der Waals surface area contributed by atoms with Crippen LogP contribution in [-0.2, 0) is 0 Å². The Kier molecular flexibility index (Phi) is 9.14. The molecule has 0 fully saturated rings. The van der Waals surface area contributed by atoms with Crippen molar-refractivity contribution in [3.8, 4) is 5.75 Å². The molecule has 114 valence electrons. The Morgan fingerprint density at radius 1 is 1.00 bits per heavy atom. The quantitative estimate of drug-likeness (QED) is 0.568. The zero-order chi connectivity index (χ0) is 14.6. The SMILES string of the molecule is CCCCCCCCC(NCC)c1ccccc1OC. The van der Waals surface area contributed by atoms with E-state index >= 15 is 0 Å². The normalized spacial score (nSPS) is 12.3. The molecule has 0 aliphatic heterocycles. The summed E-state index contributed by atoms with van der Waals surface area (Å²) in [6.07, 6.45) is 9.29. The molecule has 1 aromatic carbocycles. The Morgan fingerprint density at radius 2 is 1.70 bits per heavy atom. The first-order valence-corrected chi connectivity index (χ1v) is 8.19. The third-order valence-corrected chi connectivity index (χ3v) is 3.81. The molecular weight excluding hydrogens is 246 g/mol. The summed E-state index contributed by atoms with van der Waals surface area (Å²) in [4.78, 5) is 0. The van der Waals surface area contributed by atoms with Crippen LogP contribution in [0.25, 0.3) is 0 Å². The van der Waals surface area contributed by atoms with Crippen molar-refractivity contribution in [2.75, 3.05) is 13.7 Å². The Morgan fingerprint density at radius 3 is 2.40 bits per heavy atom. The highest BCUT2D eigenvalue weighted by Gasteiger charge is 2.14. The molecule has 0 heterocycles. The molecule has 0 bridgehead atoms. The second-order valence-corrected chi connectivity index (χ2v) is 5.41. The standard InChI is InChI=1S/C18H31NO/c1-4-6-7-8-9-10-14-17(19-5-2)16-13-11-12-15-18(16)20-3/h11-13,15,17,19H,4-10,14H2,1-3H3. The van der Waals surface area contributed by atoms with Crippen LogP contribution in [0.15, 0.2) is 24.3 Å². The number of para-hydroxylation sites is 1. The lowest BCUT2D eigenvalue weighted by Gasteiger charge is -2.20. The molecule has 0 saturated heterocycles. The minimum absolute atomic E-state index is 0.419. The second kappa shape index (κ2) is 10.7. The fourth-order valence-corrected chi connectivity index (χ4v) is 2.70. The van der Waals surface area contributed by atoms with Crippen LogP contribution in [0.3, 0.4) is 0 Å². The summed E-state index contributed by atoms with van der Waals surface area (Å²) in [7, 11) is 1.76. The summed E-state index contributed by atoms with van der Waals surface area (Å²) in [5, 5.41) is 3.60. The van der Waals surface area contributed by atoms with Crippen molar-refractivity contribution in [2.24, 2.45) is 0 Å². The first-order chi connectivity index (χ1) is 9.83. The number of hydrogen-bond acceptors (Lipinski definition) is 2. The van der Waals surface area contributed by atoms with Crippen LogP contribution in [0.5, 0.6) is 5.75 Å². The van der Waals surface area contributed by atoms with Gasteiger partial charge >= 0.3 is 0 Å². The van der Waals surface area contributed by atoms with Gasteiger partial charge in [-0.05, 0) is 19.0 Å². The summed E-state index contributed by atoms with van der Waals surface area (Å²) < 4.78 is 5.49. The molecule has 1 unspecified atom stereocenters. The topological polar surface area (TPSA) is 21.3 Å². The molecule has 1 atom stereocenters. The number of benzene rings is 1. The minimum Gasteiger partial charge on any atom is -0.496 e.